The minimum atomic E-state index is -4.40. The summed E-state index contributed by atoms with van der Waals surface area (Å²) in [6.07, 6.45) is -1.08. The Morgan fingerprint density at radius 1 is 1.17 bits per heavy atom. The largest absolute Gasteiger partial charge is 0.416 e. The van der Waals surface area contributed by atoms with E-state index in [1.165, 1.54) is 12.1 Å². The maximum Gasteiger partial charge on any atom is 0.416 e. The van der Waals surface area contributed by atoms with Crippen LogP contribution in [0.1, 0.15) is 21.6 Å². The van der Waals surface area contributed by atoms with Crippen molar-refractivity contribution >= 4 is 11.6 Å². The molecule has 4 nitrogen and oxygen atoms in total. The molecular weight excluding hydrogens is 307 g/mol. The molecule has 2 heterocycles. The number of nitrogens with zero attached hydrogens (tertiary/aromatic N) is 2. The minimum Gasteiger partial charge on any atom is -0.347 e. The van der Waals surface area contributed by atoms with E-state index in [1.807, 2.05) is 0 Å². The van der Waals surface area contributed by atoms with Crippen LogP contribution in [0.5, 0.6) is 0 Å². The van der Waals surface area contributed by atoms with Crippen LogP contribution in [-0.2, 0) is 12.7 Å². The molecule has 118 valence electrons. The molecule has 0 atom stereocenters. The maximum absolute atomic E-state index is 12.6. The second-order valence-electron chi connectivity index (χ2n) is 4.97. The van der Waals surface area contributed by atoms with E-state index in [9.17, 15) is 18.0 Å². The highest BCUT2D eigenvalue weighted by Crippen LogP contribution is 2.29. The van der Waals surface area contributed by atoms with Crippen molar-refractivity contribution in [3.05, 3.63) is 71.7 Å². The molecule has 0 aliphatic carbocycles. The van der Waals surface area contributed by atoms with Crippen molar-refractivity contribution in [2.24, 2.45) is 0 Å². The molecule has 3 rings (SSSR count). The zero-order chi connectivity index (χ0) is 16.4. The van der Waals surface area contributed by atoms with Gasteiger partial charge in [-0.1, -0.05) is 18.2 Å². The number of benzene rings is 1. The van der Waals surface area contributed by atoms with Gasteiger partial charge in [-0.3, -0.25) is 4.79 Å². The van der Waals surface area contributed by atoms with Gasteiger partial charge in [0.05, 0.1) is 5.56 Å². The van der Waals surface area contributed by atoms with Crippen LogP contribution in [0.4, 0.5) is 13.2 Å². The van der Waals surface area contributed by atoms with Gasteiger partial charge in [-0.2, -0.15) is 13.2 Å². The molecule has 23 heavy (non-hydrogen) atoms. The van der Waals surface area contributed by atoms with Gasteiger partial charge in [0.25, 0.3) is 5.91 Å². The lowest BCUT2D eigenvalue weighted by molar-refractivity contribution is -0.137. The van der Waals surface area contributed by atoms with Gasteiger partial charge < -0.3 is 9.72 Å². The molecule has 7 heteroatoms. The first-order valence-corrected chi connectivity index (χ1v) is 6.81. The third-order valence-corrected chi connectivity index (χ3v) is 3.30. The van der Waals surface area contributed by atoms with Crippen molar-refractivity contribution in [2.75, 3.05) is 0 Å². The summed E-state index contributed by atoms with van der Waals surface area (Å²) in [5, 5.41) is 2.57. The third kappa shape index (κ3) is 3.33. The molecule has 0 saturated carbocycles. The van der Waals surface area contributed by atoms with E-state index in [0.717, 1.165) is 12.1 Å². The average molecular weight is 319 g/mol. The molecule has 1 N–H and O–H groups in total. The van der Waals surface area contributed by atoms with E-state index in [2.05, 4.69) is 10.3 Å². The van der Waals surface area contributed by atoms with Crippen LogP contribution in [0, 0.1) is 0 Å². The Bertz CT molecular complexity index is 822. The quantitative estimate of drug-likeness (QED) is 0.805. The lowest BCUT2D eigenvalue weighted by Gasteiger charge is -2.09. The summed E-state index contributed by atoms with van der Waals surface area (Å²) >= 11 is 0. The Morgan fingerprint density at radius 3 is 2.74 bits per heavy atom. The first-order chi connectivity index (χ1) is 10.9. The van der Waals surface area contributed by atoms with Crippen molar-refractivity contribution in [1.82, 2.24) is 14.7 Å². The van der Waals surface area contributed by atoms with E-state index in [-0.39, 0.29) is 12.2 Å². The van der Waals surface area contributed by atoms with Gasteiger partial charge in [0.15, 0.2) is 0 Å². The minimum absolute atomic E-state index is 0.00335. The lowest BCUT2D eigenvalue weighted by atomic mass is 10.1. The standard InChI is InChI=1S/C16H12F3N3O/c17-16(18,19)12-5-3-4-11(8-12)9-20-15(23)13-10-22-7-2-1-6-14(22)21-13/h1-8,10H,9H2,(H,20,23). The number of carbonyl (C=O) groups is 1. The van der Waals surface area contributed by atoms with Gasteiger partial charge in [0.2, 0.25) is 0 Å². The Morgan fingerprint density at radius 2 is 2.00 bits per heavy atom. The summed E-state index contributed by atoms with van der Waals surface area (Å²) < 4.78 is 39.6. The van der Waals surface area contributed by atoms with Crippen LogP contribution in [-0.4, -0.2) is 15.3 Å². The summed E-state index contributed by atoms with van der Waals surface area (Å²) in [4.78, 5) is 16.2. The van der Waals surface area contributed by atoms with Crippen LogP contribution in [0.3, 0.4) is 0 Å². The maximum atomic E-state index is 12.6. The molecule has 2 aromatic heterocycles. The van der Waals surface area contributed by atoms with Crippen LogP contribution < -0.4 is 5.32 Å². The predicted octanol–water partition coefficient (Wildman–Crippen LogP) is 3.28. The smallest absolute Gasteiger partial charge is 0.347 e. The number of imidazole rings is 1. The summed E-state index contributed by atoms with van der Waals surface area (Å²) in [6, 6.07) is 10.2. The van der Waals surface area contributed by atoms with Crippen molar-refractivity contribution in [2.45, 2.75) is 12.7 Å². The topological polar surface area (TPSA) is 46.4 Å². The summed E-state index contributed by atoms with van der Waals surface area (Å²) in [5.74, 6) is -0.439. The first kappa shape index (κ1) is 15.1. The molecule has 0 aliphatic heterocycles. The molecule has 0 radical (unpaired) electrons. The van der Waals surface area contributed by atoms with Crippen LogP contribution >= 0.6 is 0 Å². The zero-order valence-corrected chi connectivity index (χ0v) is 11.8. The van der Waals surface area contributed by atoms with Gasteiger partial charge in [-0.25, -0.2) is 4.98 Å². The molecule has 3 aromatic rings. The fraction of sp³-hybridized carbons (Fsp3) is 0.125. The Kier molecular flexibility index (Phi) is 3.77. The summed E-state index contributed by atoms with van der Waals surface area (Å²) in [7, 11) is 0. The number of amides is 1. The molecule has 1 amide bonds. The van der Waals surface area contributed by atoms with E-state index in [4.69, 9.17) is 0 Å². The van der Waals surface area contributed by atoms with Gasteiger partial charge in [-0.05, 0) is 29.8 Å². The highest BCUT2D eigenvalue weighted by atomic mass is 19.4. The number of fused-ring (bicyclic) bond motifs is 1. The SMILES string of the molecule is O=C(NCc1cccc(C(F)(F)F)c1)c1cn2ccccc2n1. The van der Waals surface area contributed by atoms with Crippen molar-refractivity contribution in [1.29, 1.82) is 0 Å². The summed E-state index contributed by atoms with van der Waals surface area (Å²) in [6.45, 7) is -0.00335. The molecule has 0 unspecified atom stereocenters. The highest BCUT2D eigenvalue weighted by molar-refractivity contribution is 5.92. The molecule has 0 fully saturated rings. The van der Waals surface area contributed by atoms with Crippen molar-refractivity contribution < 1.29 is 18.0 Å². The number of rotatable bonds is 3. The van der Waals surface area contributed by atoms with E-state index in [0.29, 0.717) is 11.2 Å². The number of carbonyl (C=O) groups excluding carboxylic acids is 1. The highest BCUT2D eigenvalue weighted by Gasteiger charge is 2.30. The number of hydrogen-bond acceptors (Lipinski definition) is 2. The molecular formula is C16H12F3N3O. The Balaban J connectivity index is 1.71. The number of aromatic nitrogens is 2. The molecule has 0 aliphatic rings. The molecule has 1 aromatic carbocycles. The van der Waals surface area contributed by atoms with E-state index in [1.54, 1.807) is 35.0 Å². The Hall–Kier alpha value is -2.83. The van der Waals surface area contributed by atoms with Crippen molar-refractivity contribution in [3.63, 3.8) is 0 Å². The van der Waals surface area contributed by atoms with Gasteiger partial charge >= 0.3 is 6.18 Å². The average Bonchev–Trinajstić information content (AvgIpc) is 2.96. The third-order valence-electron chi connectivity index (χ3n) is 3.30. The molecule has 0 bridgehead atoms. The Labute approximate surface area is 129 Å². The van der Waals surface area contributed by atoms with Crippen LogP contribution in [0.15, 0.2) is 54.9 Å². The number of alkyl halides is 3. The van der Waals surface area contributed by atoms with Gasteiger partial charge in [0.1, 0.15) is 11.3 Å². The fourth-order valence-electron chi connectivity index (χ4n) is 2.17. The van der Waals surface area contributed by atoms with Gasteiger partial charge in [-0.15, -0.1) is 0 Å². The number of pyridine rings is 1. The fourth-order valence-corrected chi connectivity index (χ4v) is 2.17. The normalized spacial score (nSPS) is 11.6. The zero-order valence-electron chi connectivity index (χ0n) is 11.8. The lowest BCUT2D eigenvalue weighted by Crippen LogP contribution is -2.23. The number of nitrogens with one attached hydrogen (secondary N) is 1. The second-order valence-corrected chi connectivity index (χ2v) is 4.97. The van der Waals surface area contributed by atoms with E-state index < -0.39 is 17.6 Å². The summed E-state index contributed by atoms with van der Waals surface area (Å²) in [5.41, 5.74) is 0.466. The van der Waals surface area contributed by atoms with Crippen LogP contribution in [0.25, 0.3) is 5.65 Å². The monoisotopic (exact) mass is 319 g/mol. The number of halogens is 3. The van der Waals surface area contributed by atoms with Gasteiger partial charge in [0, 0.05) is 18.9 Å². The second kappa shape index (κ2) is 5.75. The predicted molar refractivity (Wildman–Crippen MR) is 77.8 cm³/mol. The molecule has 0 spiro atoms. The first-order valence-electron chi connectivity index (χ1n) is 6.81. The van der Waals surface area contributed by atoms with Crippen LogP contribution in [0.2, 0.25) is 0 Å². The van der Waals surface area contributed by atoms with E-state index >= 15 is 0 Å². The molecule has 0 saturated heterocycles. The number of hydrogen-bond donors (Lipinski definition) is 1. The van der Waals surface area contributed by atoms with Crippen molar-refractivity contribution in [3.8, 4) is 0 Å².